The minimum absolute atomic E-state index is 0.00577. The molecule has 2 heterocycles. The van der Waals surface area contributed by atoms with Crippen LogP contribution in [-0.2, 0) is 11.3 Å². The third-order valence-electron chi connectivity index (χ3n) is 4.38. The van der Waals surface area contributed by atoms with E-state index < -0.39 is 11.7 Å². The fourth-order valence-corrected chi connectivity index (χ4v) is 3.14. The van der Waals surface area contributed by atoms with Gasteiger partial charge >= 0.3 is 6.09 Å². The average molecular weight is 355 g/mol. The Morgan fingerprint density at radius 2 is 1.81 bits per heavy atom. The molecule has 1 aliphatic heterocycles. The van der Waals surface area contributed by atoms with E-state index in [1.54, 1.807) is 24.3 Å². The second-order valence-corrected chi connectivity index (χ2v) is 7.51. The summed E-state index contributed by atoms with van der Waals surface area (Å²) in [6.07, 6.45) is 1.53. The molecule has 3 rings (SSSR count). The van der Waals surface area contributed by atoms with E-state index >= 15 is 0 Å². The molecule has 6 heteroatoms. The lowest BCUT2D eigenvalue weighted by atomic mass is 10.1. The molecule has 2 amide bonds. The van der Waals surface area contributed by atoms with Crippen molar-refractivity contribution in [1.82, 2.24) is 9.47 Å². The van der Waals surface area contributed by atoms with Gasteiger partial charge in [-0.2, -0.15) is 0 Å². The number of fused-ring (bicyclic) bond motifs is 1. The number of hydrogen-bond acceptors (Lipinski definition) is 3. The summed E-state index contributed by atoms with van der Waals surface area (Å²) in [5.41, 5.74) is 1.79. The van der Waals surface area contributed by atoms with Gasteiger partial charge in [0.05, 0.1) is 6.04 Å². The molecule has 1 aromatic heterocycles. The molecule has 0 aliphatic carbocycles. The Balaban J connectivity index is 1.67. The van der Waals surface area contributed by atoms with Gasteiger partial charge in [-0.3, -0.25) is 10.1 Å². The molecule has 2 aromatic rings. The second-order valence-electron chi connectivity index (χ2n) is 7.51. The first kappa shape index (κ1) is 18.0. The number of ether oxygens (including phenoxy) is 1. The zero-order valence-corrected chi connectivity index (χ0v) is 15.7. The van der Waals surface area contributed by atoms with Crippen molar-refractivity contribution >= 4 is 17.7 Å². The zero-order valence-electron chi connectivity index (χ0n) is 15.7. The summed E-state index contributed by atoms with van der Waals surface area (Å²) in [6, 6.07) is 11.0. The van der Waals surface area contributed by atoms with Crippen molar-refractivity contribution in [2.75, 3.05) is 11.9 Å². The normalized spacial score (nSPS) is 16.8. The van der Waals surface area contributed by atoms with E-state index in [9.17, 15) is 9.59 Å². The molecule has 0 radical (unpaired) electrons. The predicted molar refractivity (Wildman–Crippen MR) is 100 cm³/mol. The number of carbonyl (C=O) groups excluding carboxylic acids is 2. The first-order valence-electron chi connectivity index (χ1n) is 8.81. The molecule has 1 aromatic carbocycles. The van der Waals surface area contributed by atoms with Crippen LogP contribution in [0.3, 0.4) is 0 Å². The van der Waals surface area contributed by atoms with Crippen LogP contribution in [0, 0.1) is 0 Å². The van der Waals surface area contributed by atoms with E-state index in [0.29, 0.717) is 17.8 Å². The van der Waals surface area contributed by atoms with Crippen molar-refractivity contribution in [3.63, 3.8) is 0 Å². The lowest BCUT2D eigenvalue weighted by Crippen LogP contribution is -2.40. The lowest BCUT2D eigenvalue weighted by Gasteiger charge is -2.35. The Morgan fingerprint density at radius 3 is 2.46 bits per heavy atom. The van der Waals surface area contributed by atoms with Gasteiger partial charge in [0.15, 0.2) is 0 Å². The molecule has 6 nitrogen and oxygen atoms in total. The van der Waals surface area contributed by atoms with Gasteiger partial charge in [0, 0.05) is 36.2 Å². The van der Waals surface area contributed by atoms with Gasteiger partial charge in [0.2, 0.25) is 0 Å². The summed E-state index contributed by atoms with van der Waals surface area (Å²) >= 11 is 0. The fourth-order valence-electron chi connectivity index (χ4n) is 3.14. The number of benzene rings is 1. The van der Waals surface area contributed by atoms with Crippen LogP contribution in [0.5, 0.6) is 0 Å². The van der Waals surface area contributed by atoms with Gasteiger partial charge < -0.3 is 14.2 Å². The molecular weight excluding hydrogens is 330 g/mol. The van der Waals surface area contributed by atoms with Crippen molar-refractivity contribution in [2.24, 2.45) is 0 Å². The van der Waals surface area contributed by atoms with Crippen LogP contribution in [0.1, 0.15) is 49.8 Å². The van der Waals surface area contributed by atoms with Crippen LogP contribution in [0.4, 0.5) is 10.5 Å². The van der Waals surface area contributed by atoms with Crippen molar-refractivity contribution in [3.05, 3.63) is 53.9 Å². The minimum atomic E-state index is -0.554. The van der Waals surface area contributed by atoms with E-state index in [1.165, 1.54) is 0 Å². The summed E-state index contributed by atoms with van der Waals surface area (Å²) in [6.45, 7) is 8.96. The van der Waals surface area contributed by atoms with Gasteiger partial charge in [-0.1, -0.05) is 0 Å². The highest BCUT2D eigenvalue weighted by atomic mass is 16.6. The van der Waals surface area contributed by atoms with Crippen LogP contribution in [0.15, 0.2) is 42.6 Å². The first-order valence-corrected chi connectivity index (χ1v) is 8.81. The highest BCUT2D eigenvalue weighted by Crippen LogP contribution is 2.27. The van der Waals surface area contributed by atoms with Gasteiger partial charge in [-0.15, -0.1) is 0 Å². The topological polar surface area (TPSA) is 63.6 Å². The highest BCUT2D eigenvalue weighted by molar-refractivity contribution is 5.95. The number of hydrogen-bond donors (Lipinski definition) is 1. The maximum absolute atomic E-state index is 12.9. The molecule has 1 N–H and O–H groups in total. The number of nitrogens with one attached hydrogen (secondary N) is 1. The lowest BCUT2D eigenvalue weighted by molar-refractivity contribution is 0.0631. The second kappa shape index (κ2) is 6.86. The van der Waals surface area contributed by atoms with Crippen LogP contribution < -0.4 is 5.32 Å². The molecule has 0 fully saturated rings. The van der Waals surface area contributed by atoms with Crippen LogP contribution >= 0.6 is 0 Å². The Hall–Kier alpha value is -2.76. The Labute approximate surface area is 153 Å². The third kappa shape index (κ3) is 3.90. The number of rotatable bonds is 2. The van der Waals surface area contributed by atoms with E-state index in [1.807, 2.05) is 44.9 Å². The van der Waals surface area contributed by atoms with Crippen LogP contribution in [0.2, 0.25) is 0 Å². The van der Waals surface area contributed by atoms with Gasteiger partial charge in [0.25, 0.3) is 5.91 Å². The first-order chi connectivity index (χ1) is 12.2. The quantitative estimate of drug-likeness (QED) is 0.884. The molecule has 1 aliphatic rings. The summed E-state index contributed by atoms with van der Waals surface area (Å²) < 4.78 is 7.41. The smallest absolute Gasteiger partial charge is 0.412 e. The van der Waals surface area contributed by atoms with Crippen molar-refractivity contribution in [1.29, 1.82) is 0 Å². The monoisotopic (exact) mass is 355 g/mol. The summed E-state index contributed by atoms with van der Waals surface area (Å²) in [4.78, 5) is 26.6. The number of amides is 2. The largest absolute Gasteiger partial charge is 0.444 e. The molecule has 0 spiro atoms. The zero-order chi connectivity index (χ0) is 18.9. The molecule has 0 saturated heterocycles. The fraction of sp³-hybridized carbons (Fsp3) is 0.400. The van der Waals surface area contributed by atoms with E-state index in [-0.39, 0.29) is 11.9 Å². The van der Waals surface area contributed by atoms with Gasteiger partial charge in [-0.05, 0) is 64.1 Å². The van der Waals surface area contributed by atoms with Gasteiger partial charge in [0.1, 0.15) is 5.60 Å². The molecule has 138 valence electrons. The molecule has 0 bridgehead atoms. The summed E-state index contributed by atoms with van der Waals surface area (Å²) in [5.74, 6) is -0.00577. The Bertz CT molecular complexity index is 802. The number of nitrogens with zero attached hydrogens (tertiary/aromatic N) is 2. The van der Waals surface area contributed by atoms with Crippen molar-refractivity contribution in [3.8, 4) is 0 Å². The maximum Gasteiger partial charge on any atom is 0.412 e. The van der Waals surface area contributed by atoms with Gasteiger partial charge in [-0.25, -0.2) is 4.79 Å². The van der Waals surface area contributed by atoms with E-state index in [0.717, 1.165) is 12.2 Å². The molecule has 0 saturated carbocycles. The third-order valence-corrected chi connectivity index (χ3v) is 4.38. The standard InChI is InChI=1S/C20H25N3O3/c1-14-17-6-5-11-22(17)12-13-23(14)18(24)15-7-9-16(10-8-15)21-19(25)26-20(2,3)4/h5-11,14H,12-13H2,1-4H3,(H,21,25)/t14-/m1/s1. The van der Waals surface area contributed by atoms with E-state index in [2.05, 4.69) is 16.0 Å². The van der Waals surface area contributed by atoms with Crippen molar-refractivity contribution < 1.29 is 14.3 Å². The minimum Gasteiger partial charge on any atom is -0.444 e. The molecule has 26 heavy (non-hydrogen) atoms. The number of anilines is 1. The van der Waals surface area contributed by atoms with Crippen LogP contribution in [0.25, 0.3) is 0 Å². The summed E-state index contributed by atoms with van der Waals surface area (Å²) in [5, 5.41) is 2.67. The number of aromatic nitrogens is 1. The summed E-state index contributed by atoms with van der Waals surface area (Å²) in [7, 11) is 0. The SMILES string of the molecule is C[C@@H]1c2cccn2CCN1C(=O)c1ccc(NC(=O)OC(C)(C)C)cc1. The molecular formula is C20H25N3O3. The predicted octanol–water partition coefficient (Wildman–Crippen LogP) is 4.05. The Morgan fingerprint density at radius 1 is 1.12 bits per heavy atom. The molecule has 1 atom stereocenters. The Kier molecular flexibility index (Phi) is 4.76. The molecule has 0 unspecified atom stereocenters. The number of carbonyl (C=O) groups is 2. The van der Waals surface area contributed by atoms with Crippen LogP contribution in [-0.4, -0.2) is 33.6 Å². The highest BCUT2D eigenvalue weighted by Gasteiger charge is 2.28. The average Bonchev–Trinajstić information content (AvgIpc) is 3.03. The van der Waals surface area contributed by atoms with Crippen molar-refractivity contribution in [2.45, 2.75) is 45.9 Å². The maximum atomic E-state index is 12.9. The van der Waals surface area contributed by atoms with E-state index in [4.69, 9.17) is 4.74 Å².